The van der Waals surface area contributed by atoms with Gasteiger partial charge in [0.25, 0.3) is 5.56 Å². The average molecular weight is 464 g/mol. The number of fused-ring (bicyclic) bond motifs is 1. The Morgan fingerprint density at radius 2 is 1.88 bits per heavy atom. The number of carbonyl (C=O) groups is 1. The van der Waals surface area contributed by atoms with E-state index in [0.717, 1.165) is 36.1 Å². The molecule has 164 valence electrons. The van der Waals surface area contributed by atoms with Crippen molar-refractivity contribution < 1.29 is 4.79 Å². The zero-order valence-electron chi connectivity index (χ0n) is 18.1. The number of aromatic amines is 1. The van der Waals surface area contributed by atoms with Gasteiger partial charge in [-0.3, -0.25) is 9.59 Å². The fourth-order valence-electron chi connectivity index (χ4n) is 3.41. The summed E-state index contributed by atoms with van der Waals surface area (Å²) in [5.41, 5.74) is 4.91. The van der Waals surface area contributed by atoms with E-state index in [1.807, 2.05) is 60.8 Å². The molecule has 1 amide bonds. The number of H-pyrrole nitrogens is 1. The molecule has 2 aromatic carbocycles. The Hall–Kier alpha value is -2.90. The van der Waals surface area contributed by atoms with Crippen LogP contribution in [0.25, 0.3) is 21.3 Å². The monoisotopic (exact) mass is 463 g/mol. The lowest BCUT2D eigenvalue weighted by atomic mass is 10.1. The number of unbranched alkanes of at least 4 members (excludes halogenated alkanes) is 1. The fourth-order valence-corrected chi connectivity index (χ4v) is 5.08. The van der Waals surface area contributed by atoms with Gasteiger partial charge < -0.3 is 10.3 Å². The van der Waals surface area contributed by atoms with Crippen molar-refractivity contribution in [3.05, 3.63) is 75.4 Å². The van der Waals surface area contributed by atoms with Gasteiger partial charge in [-0.1, -0.05) is 67.1 Å². The molecule has 0 aliphatic carbocycles. The maximum absolute atomic E-state index is 12.8. The summed E-state index contributed by atoms with van der Waals surface area (Å²) < 4.78 is 0. The van der Waals surface area contributed by atoms with Crippen LogP contribution in [-0.2, 0) is 11.2 Å². The van der Waals surface area contributed by atoms with Crippen LogP contribution in [0.5, 0.6) is 0 Å². The van der Waals surface area contributed by atoms with Crippen LogP contribution in [0.15, 0.2) is 63.9 Å². The Kier molecular flexibility index (Phi) is 7.07. The number of benzene rings is 2. The molecule has 2 heterocycles. The zero-order chi connectivity index (χ0) is 22.5. The number of nitrogens with zero attached hydrogens (tertiary/aromatic N) is 1. The summed E-state index contributed by atoms with van der Waals surface area (Å²) in [5, 5.41) is 5.90. The van der Waals surface area contributed by atoms with Crippen LogP contribution in [0.2, 0.25) is 0 Å². The molecule has 32 heavy (non-hydrogen) atoms. The van der Waals surface area contributed by atoms with Gasteiger partial charge in [0.1, 0.15) is 4.83 Å². The van der Waals surface area contributed by atoms with Crippen molar-refractivity contribution in [2.75, 3.05) is 11.1 Å². The third kappa shape index (κ3) is 5.29. The van der Waals surface area contributed by atoms with Gasteiger partial charge in [-0.15, -0.1) is 11.3 Å². The first-order valence-corrected chi connectivity index (χ1v) is 12.5. The predicted molar refractivity (Wildman–Crippen MR) is 135 cm³/mol. The minimum absolute atomic E-state index is 0.134. The number of nitrogens with one attached hydrogen (secondary N) is 2. The second-order valence-corrected chi connectivity index (χ2v) is 9.53. The molecule has 0 radical (unpaired) electrons. The maximum atomic E-state index is 12.8. The highest BCUT2D eigenvalue weighted by atomic mass is 32.2. The molecular weight excluding hydrogens is 438 g/mol. The molecule has 0 bridgehead atoms. The SMILES string of the molecule is CCCCc1ccc(NC(=O)CSc2nc3scc(-c4ccc(C)cc4)c3c(=O)[nH]2)cc1. The predicted octanol–water partition coefficient (Wildman–Crippen LogP) is 6.03. The van der Waals surface area contributed by atoms with Crippen LogP contribution < -0.4 is 10.9 Å². The van der Waals surface area contributed by atoms with Gasteiger partial charge >= 0.3 is 0 Å². The molecule has 0 fully saturated rings. The second-order valence-electron chi connectivity index (χ2n) is 7.70. The molecule has 7 heteroatoms. The summed E-state index contributed by atoms with van der Waals surface area (Å²) in [6.45, 7) is 4.21. The Morgan fingerprint density at radius 3 is 2.59 bits per heavy atom. The number of hydrogen-bond acceptors (Lipinski definition) is 5. The van der Waals surface area contributed by atoms with E-state index < -0.39 is 0 Å². The van der Waals surface area contributed by atoms with Crippen LogP contribution in [-0.4, -0.2) is 21.6 Å². The number of carbonyl (C=O) groups excluding carboxylic acids is 1. The highest BCUT2D eigenvalue weighted by Gasteiger charge is 2.14. The van der Waals surface area contributed by atoms with E-state index in [2.05, 4.69) is 22.2 Å². The first kappa shape index (κ1) is 22.3. The Bertz CT molecular complexity index is 1280. The van der Waals surface area contributed by atoms with Gasteiger partial charge in [-0.25, -0.2) is 4.98 Å². The van der Waals surface area contributed by atoms with Gasteiger partial charge in [0, 0.05) is 16.6 Å². The number of aryl methyl sites for hydroxylation is 2. The molecule has 0 spiro atoms. The summed E-state index contributed by atoms with van der Waals surface area (Å²) in [6.07, 6.45) is 3.38. The van der Waals surface area contributed by atoms with Crippen LogP contribution in [0.4, 0.5) is 5.69 Å². The number of thioether (sulfide) groups is 1. The Morgan fingerprint density at radius 1 is 1.12 bits per heavy atom. The standard InChI is InChI=1S/C25H25N3O2S2/c1-3-4-5-17-8-12-19(13-9-17)26-21(29)15-32-25-27-23(30)22-20(14-31-24(22)28-25)18-10-6-16(2)7-11-18/h6-14H,3-5,15H2,1-2H3,(H,26,29)(H,27,28,30). The molecule has 4 rings (SSSR count). The molecule has 4 aromatic rings. The van der Waals surface area contributed by atoms with Crippen molar-refractivity contribution in [3.63, 3.8) is 0 Å². The molecular formula is C25H25N3O2S2. The first-order valence-electron chi connectivity index (χ1n) is 10.6. The summed E-state index contributed by atoms with van der Waals surface area (Å²) >= 11 is 2.67. The van der Waals surface area contributed by atoms with Crippen LogP contribution in [0, 0.1) is 6.92 Å². The highest BCUT2D eigenvalue weighted by Crippen LogP contribution is 2.31. The lowest BCUT2D eigenvalue weighted by Crippen LogP contribution is -2.15. The number of rotatable bonds is 8. The van der Waals surface area contributed by atoms with Gasteiger partial charge in [-0.05, 0) is 43.0 Å². The van der Waals surface area contributed by atoms with Crippen molar-refractivity contribution >= 4 is 44.9 Å². The lowest BCUT2D eigenvalue weighted by Gasteiger charge is -2.06. The van der Waals surface area contributed by atoms with E-state index in [0.29, 0.717) is 15.4 Å². The Balaban J connectivity index is 1.42. The zero-order valence-corrected chi connectivity index (χ0v) is 19.7. The molecule has 0 atom stereocenters. The summed E-state index contributed by atoms with van der Waals surface area (Å²) in [7, 11) is 0. The molecule has 0 aliphatic rings. The molecule has 0 saturated carbocycles. The number of hydrogen-bond donors (Lipinski definition) is 2. The van der Waals surface area contributed by atoms with Crippen LogP contribution >= 0.6 is 23.1 Å². The minimum Gasteiger partial charge on any atom is -0.325 e. The first-order chi connectivity index (χ1) is 15.5. The van der Waals surface area contributed by atoms with E-state index in [1.165, 1.54) is 34.2 Å². The summed E-state index contributed by atoms with van der Waals surface area (Å²) in [4.78, 5) is 33.2. The highest BCUT2D eigenvalue weighted by molar-refractivity contribution is 7.99. The topological polar surface area (TPSA) is 74.8 Å². The van der Waals surface area contributed by atoms with Gasteiger partial charge in [-0.2, -0.15) is 0 Å². The average Bonchev–Trinajstić information content (AvgIpc) is 3.22. The quantitative estimate of drug-likeness (QED) is 0.247. The molecule has 2 N–H and O–H groups in total. The van der Waals surface area contributed by atoms with Crippen molar-refractivity contribution in [2.24, 2.45) is 0 Å². The van der Waals surface area contributed by atoms with Crippen LogP contribution in [0.3, 0.4) is 0 Å². The van der Waals surface area contributed by atoms with Crippen LogP contribution in [0.1, 0.15) is 30.9 Å². The molecule has 2 aromatic heterocycles. The van der Waals surface area contributed by atoms with E-state index in [-0.39, 0.29) is 17.2 Å². The maximum Gasteiger partial charge on any atom is 0.260 e. The number of amides is 1. The van der Waals surface area contributed by atoms with Gasteiger partial charge in [0.15, 0.2) is 5.16 Å². The Labute approximate surface area is 195 Å². The summed E-state index contributed by atoms with van der Waals surface area (Å²) in [5.74, 6) is 0.0352. The molecule has 0 aliphatic heterocycles. The van der Waals surface area contributed by atoms with Crippen molar-refractivity contribution in [1.82, 2.24) is 9.97 Å². The minimum atomic E-state index is -0.183. The van der Waals surface area contributed by atoms with E-state index in [1.54, 1.807) is 0 Å². The lowest BCUT2D eigenvalue weighted by molar-refractivity contribution is -0.113. The molecule has 0 unspecified atom stereocenters. The smallest absolute Gasteiger partial charge is 0.260 e. The summed E-state index contributed by atoms with van der Waals surface area (Å²) in [6, 6.07) is 16.0. The van der Waals surface area contributed by atoms with Gasteiger partial charge in [0.05, 0.1) is 11.1 Å². The number of aromatic nitrogens is 2. The molecule has 0 saturated heterocycles. The van der Waals surface area contributed by atoms with E-state index in [9.17, 15) is 9.59 Å². The largest absolute Gasteiger partial charge is 0.325 e. The van der Waals surface area contributed by atoms with Crippen molar-refractivity contribution in [2.45, 2.75) is 38.3 Å². The number of thiophene rings is 1. The molecule has 5 nitrogen and oxygen atoms in total. The number of anilines is 1. The third-order valence-corrected chi connectivity index (χ3v) is 6.93. The van der Waals surface area contributed by atoms with Gasteiger partial charge in [0.2, 0.25) is 5.91 Å². The fraction of sp³-hybridized carbons (Fsp3) is 0.240. The van der Waals surface area contributed by atoms with Crippen molar-refractivity contribution in [3.8, 4) is 11.1 Å². The van der Waals surface area contributed by atoms with E-state index in [4.69, 9.17) is 0 Å². The normalized spacial score (nSPS) is 11.1. The van der Waals surface area contributed by atoms with E-state index >= 15 is 0 Å². The third-order valence-electron chi connectivity index (χ3n) is 5.18. The van der Waals surface area contributed by atoms with Crippen molar-refractivity contribution in [1.29, 1.82) is 0 Å². The second kappa shape index (κ2) is 10.1.